The van der Waals surface area contributed by atoms with Gasteiger partial charge in [0.05, 0.1) is 6.61 Å². The van der Waals surface area contributed by atoms with E-state index < -0.39 is 0 Å². The van der Waals surface area contributed by atoms with Crippen LogP contribution in [0.15, 0.2) is 42.5 Å². The summed E-state index contributed by atoms with van der Waals surface area (Å²) in [5, 5.41) is 3.05. The summed E-state index contributed by atoms with van der Waals surface area (Å²) in [6, 6.07) is 13.4. The molecule has 0 unspecified atom stereocenters. The van der Waals surface area contributed by atoms with Gasteiger partial charge in [-0.15, -0.1) is 0 Å². The molecule has 1 aliphatic rings. The minimum Gasteiger partial charge on any atom is -0.494 e. The Morgan fingerprint density at radius 3 is 2.38 bits per heavy atom. The van der Waals surface area contributed by atoms with E-state index in [4.69, 9.17) is 9.47 Å². The number of hydrogen-bond donors (Lipinski definition) is 1. The number of ether oxygens (including phenoxy) is 2. The SMILES string of the molecule is CCOc1ccc(C(=O)N2CCC(NC(=O)COc3cc(C)ccc3C(C)C)CC2)cc1. The molecule has 1 aliphatic heterocycles. The van der Waals surface area contributed by atoms with Gasteiger partial charge < -0.3 is 19.7 Å². The molecule has 32 heavy (non-hydrogen) atoms. The minimum atomic E-state index is -0.127. The molecule has 1 heterocycles. The van der Waals surface area contributed by atoms with E-state index in [9.17, 15) is 9.59 Å². The number of hydrogen-bond acceptors (Lipinski definition) is 4. The predicted octanol–water partition coefficient (Wildman–Crippen LogP) is 4.32. The first-order valence-corrected chi connectivity index (χ1v) is 11.4. The Balaban J connectivity index is 1.46. The lowest BCUT2D eigenvalue weighted by Gasteiger charge is -2.32. The molecule has 0 aliphatic carbocycles. The fourth-order valence-corrected chi connectivity index (χ4v) is 3.93. The normalized spacial score (nSPS) is 14.3. The number of piperidine rings is 1. The zero-order valence-corrected chi connectivity index (χ0v) is 19.5. The van der Waals surface area contributed by atoms with Crippen LogP contribution in [0.1, 0.15) is 61.0 Å². The van der Waals surface area contributed by atoms with Gasteiger partial charge in [0.25, 0.3) is 11.8 Å². The molecule has 3 rings (SSSR count). The van der Waals surface area contributed by atoms with Gasteiger partial charge in [-0.2, -0.15) is 0 Å². The van der Waals surface area contributed by atoms with Crippen LogP contribution in [0.4, 0.5) is 0 Å². The largest absolute Gasteiger partial charge is 0.494 e. The van der Waals surface area contributed by atoms with E-state index in [1.54, 1.807) is 12.1 Å². The van der Waals surface area contributed by atoms with E-state index in [1.807, 2.05) is 36.9 Å². The van der Waals surface area contributed by atoms with E-state index in [0.29, 0.717) is 31.2 Å². The molecule has 0 spiro atoms. The summed E-state index contributed by atoms with van der Waals surface area (Å²) in [4.78, 5) is 27.0. The van der Waals surface area contributed by atoms with Crippen LogP contribution in [0.3, 0.4) is 0 Å². The van der Waals surface area contributed by atoms with Gasteiger partial charge in [0.1, 0.15) is 11.5 Å². The van der Waals surface area contributed by atoms with Gasteiger partial charge in [-0.25, -0.2) is 0 Å². The number of carbonyl (C=O) groups is 2. The van der Waals surface area contributed by atoms with Gasteiger partial charge in [-0.05, 0) is 74.1 Å². The molecular weight excluding hydrogens is 404 g/mol. The van der Waals surface area contributed by atoms with Gasteiger partial charge >= 0.3 is 0 Å². The number of carbonyl (C=O) groups excluding carboxylic acids is 2. The highest BCUT2D eigenvalue weighted by Gasteiger charge is 2.25. The van der Waals surface area contributed by atoms with Crippen LogP contribution in [-0.2, 0) is 4.79 Å². The average Bonchev–Trinajstić information content (AvgIpc) is 2.78. The smallest absolute Gasteiger partial charge is 0.258 e. The van der Waals surface area contributed by atoms with Gasteiger partial charge in [0, 0.05) is 24.7 Å². The Bertz CT molecular complexity index is 916. The third kappa shape index (κ3) is 6.25. The van der Waals surface area contributed by atoms with Gasteiger partial charge in [0.15, 0.2) is 6.61 Å². The molecule has 6 nitrogen and oxygen atoms in total. The molecule has 1 N–H and O–H groups in total. The first kappa shape index (κ1) is 23.6. The second-order valence-electron chi connectivity index (χ2n) is 8.58. The molecule has 2 aromatic rings. The number of aryl methyl sites for hydroxylation is 1. The van der Waals surface area contributed by atoms with Crippen molar-refractivity contribution in [1.29, 1.82) is 0 Å². The molecule has 2 amide bonds. The summed E-state index contributed by atoms with van der Waals surface area (Å²) < 4.78 is 11.3. The Morgan fingerprint density at radius 2 is 1.75 bits per heavy atom. The van der Waals surface area contributed by atoms with Crippen molar-refractivity contribution in [2.75, 3.05) is 26.3 Å². The molecule has 172 valence electrons. The molecule has 2 aromatic carbocycles. The van der Waals surface area contributed by atoms with Crippen molar-refractivity contribution >= 4 is 11.8 Å². The molecular formula is C26H34N2O4. The molecule has 0 atom stereocenters. The Kier molecular flexibility index (Phi) is 8.14. The summed E-state index contributed by atoms with van der Waals surface area (Å²) >= 11 is 0. The molecule has 0 bridgehead atoms. The van der Waals surface area contributed by atoms with E-state index >= 15 is 0 Å². The molecule has 1 saturated heterocycles. The van der Waals surface area contributed by atoms with Gasteiger partial charge in [0.2, 0.25) is 0 Å². The van der Waals surface area contributed by atoms with Crippen LogP contribution < -0.4 is 14.8 Å². The van der Waals surface area contributed by atoms with Gasteiger partial charge in [-0.1, -0.05) is 26.0 Å². The highest BCUT2D eigenvalue weighted by atomic mass is 16.5. The Morgan fingerprint density at radius 1 is 1.06 bits per heavy atom. The second-order valence-corrected chi connectivity index (χ2v) is 8.58. The third-order valence-electron chi connectivity index (χ3n) is 5.71. The number of benzene rings is 2. The summed E-state index contributed by atoms with van der Waals surface area (Å²) in [6.45, 7) is 10.00. The van der Waals surface area contributed by atoms with Crippen molar-refractivity contribution in [1.82, 2.24) is 10.2 Å². The van der Waals surface area contributed by atoms with Gasteiger partial charge in [-0.3, -0.25) is 9.59 Å². The van der Waals surface area contributed by atoms with Crippen LogP contribution in [0.25, 0.3) is 0 Å². The van der Waals surface area contributed by atoms with E-state index in [1.165, 1.54) is 0 Å². The highest BCUT2D eigenvalue weighted by molar-refractivity contribution is 5.94. The molecule has 0 aromatic heterocycles. The molecule has 0 saturated carbocycles. The van der Waals surface area contributed by atoms with Crippen molar-refractivity contribution in [3.63, 3.8) is 0 Å². The van der Waals surface area contributed by atoms with Crippen LogP contribution >= 0.6 is 0 Å². The zero-order chi connectivity index (χ0) is 23.1. The maximum absolute atomic E-state index is 12.7. The van der Waals surface area contributed by atoms with E-state index in [0.717, 1.165) is 35.5 Å². The topological polar surface area (TPSA) is 67.9 Å². The van der Waals surface area contributed by atoms with Crippen LogP contribution in [-0.4, -0.2) is 49.1 Å². The number of likely N-dealkylation sites (tertiary alicyclic amines) is 1. The highest BCUT2D eigenvalue weighted by Crippen LogP contribution is 2.27. The Labute approximate surface area is 190 Å². The molecule has 6 heteroatoms. The summed E-state index contributed by atoms with van der Waals surface area (Å²) in [5.41, 5.74) is 2.86. The van der Waals surface area contributed by atoms with Crippen molar-refractivity contribution in [3.05, 3.63) is 59.2 Å². The summed E-state index contributed by atoms with van der Waals surface area (Å²) in [6.07, 6.45) is 1.46. The fraction of sp³-hybridized carbons (Fsp3) is 0.462. The predicted molar refractivity (Wildman–Crippen MR) is 125 cm³/mol. The Hall–Kier alpha value is -3.02. The first-order chi connectivity index (χ1) is 15.4. The third-order valence-corrected chi connectivity index (χ3v) is 5.71. The molecule has 1 fully saturated rings. The lowest BCUT2D eigenvalue weighted by Crippen LogP contribution is -2.47. The number of amides is 2. The number of nitrogens with one attached hydrogen (secondary N) is 1. The average molecular weight is 439 g/mol. The van der Waals surface area contributed by atoms with Crippen LogP contribution in [0.5, 0.6) is 11.5 Å². The monoisotopic (exact) mass is 438 g/mol. The lowest BCUT2D eigenvalue weighted by molar-refractivity contribution is -0.124. The van der Waals surface area contributed by atoms with Crippen molar-refractivity contribution in [2.45, 2.75) is 52.5 Å². The maximum Gasteiger partial charge on any atom is 0.258 e. The summed E-state index contributed by atoms with van der Waals surface area (Å²) in [7, 11) is 0. The van der Waals surface area contributed by atoms with E-state index in [2.05, 4.69) is 31.3 Å². The number of nitrogens with zero attached hydrogens (tertiary/aromatic N) is 1. The maximum atomic E-state index is 12.7. The first-order valence-electron chi connectivity index (χ1n) is 11.4. The van der Waals surface area contributed by atoms with Crippen LogP contribution in [0, 0.1) is 6.92 Å². The van der Waals surface area contributed by atoms with E-state index in [-0.39, 0.29) is 24.5 Å². The second kappa shape index (κ2) is 11.0. The van der Waals surface area contributed by atoms with Crippen molar-refractivity contribution < 1.29 is 19.1 Å². The summed E-state index contributed by atoms with van der Waals surface area (Å²) in [5.74, 6) is 1.75. The zero-order valence-electron chi connectivity index (χ0n) is 19.5. The fourth-order valence-electron chi connectivity index (χ4n) is 3.93. The molecule has 0 radical (unpaired) electrons. The van der Waals surface area contributed by atoms with Crippen molar-refractivity contribution in [3.8, 4) is 11.5 Å². The minimum absolute atomic E-state index is 0.00546. The van der Waals surface area contributed by atoms with Crippen molar-refractivity contribution in [2.24, 2.45) is 0 Å². The quantitative estimate of drug-likeness (QED) is 0.667. The standard InChI is InChI=1S/C26H34N2O4/c1-5-31-22-9-7-20(8-10-22)26(30)28-14-12-21(13-15-28)27-25(29)17-32-24-16-19(4)6-11-23(24)18(2)3/h6-11,16,18,21H,5,12-15,17H2,1-4H3,(H,27,29). The van der Waals surface area contributed by atoms with Crippen LogP contribution in [0.2, 0.25) is 0 Å². The number of rotatable bonds is 8. The lowest BCUT2D eigenvalue weighted by atomic mass is 10.0.